The number of anilines is 1. The molecule has 1 aromatic heterocycles. The van der Waals surface area contributed by atoms with Crippen LogP contribution in [0.4, 0.5) is 18.9 Å². The fourth-order valence-corrected chi connectivity index (χ4v) is 2.70. The first kappa shape index (κ1) is 16.3. The van der Waals surface area contributed by atoms with E-state index < -0.39 is 11.9 Å². The van der Waals surface area contributed by atoms with Crippen molar-refractivity contribution < 1.29 is 18.0 Å². The molecule has 0 N–H and O–H groups in total. The second-order valence-electron chi connectivity index (χ2n) is 5.54. The molecule has 0 radical (unpaired) electrons. The SMILES string of the molecule is O=C(c1ccccc1)N1CCN(c2ccnc(C(F)(F)F)c2)CC1. The van der Waals surface area contributed by atoms with E-state index in [1.807, 2.05) is 11.0 Å². The van der Waals surface area contributed by atoms with E-state index in [1.165, 1.54) is 6.20 Å². The number of nitrogens with zero attached hydrogens (tertiary/aromatic N) is 3. The summed E-state index contributed by atoms with van der Waals surface area (Å²) in [5.41, 5.74) is 0.196. The van der Waals surface area contributed by atoms with E-state index in [9.17, 15) is 18.0 Å². The minimum atomic E-state index is -4.46. The first-order valence-corrected chi connectivity index (χ1v) is 7.58. The first-order chi connectivity index (χ1) is 11.4. The van der Waals surface area contributed by atoms with E-state index in [0.717, 1.165) is 6.07 Å². The van der Waals surface area contributed by atoms with Crippen molar-refractivity contribution in [2.75, 3.05) is 31.1 Å². The van der Waals surface area contributed by atoms with Crippen LogP contribution in [0.3, 0.4) is 0 Å². The number of alkyl halides is 3. The Bertz CT molecular complexity index is 711. The zero-order valence-corrected chi connectivity index (χ0v) is 12.8. The number of rotatable bonds is 2. The summed E-state index contributed by atoms with van der Waals surface area (Å²) >= 11 is 0. The molecule has 1 amide bonds. The molecule has 2 aromatic rings. The number of hydrogen-bond acceptors (Lipinski definition) is 3. The lowest BCUT2D eigenvalue weighted by molar-refractivity contribution is -0.141. The van der Waals surface area contributed by atoms with Gasteiger partial charge in [0.1, 0.15) is 5.69 Å². The summed E-state index contributed by atoms with van der Waals surface area (Å²) < 4.78 is 38.3. The molecule has 1 aromatic carbocycles. The monoisotopic (exact) mass is 335 g/mol. The highest BCUT2D eigenvalue weighted by molar-refractivity contribution is 5.94. The van der Waals surface area contributed by atoms with Gasteiger partial charge < -0.3 is 9.80 Å². The van der Waals surface area contributed by atoms with E-state index in [1.54, 1.807) is 35.2 Å². The van der Waals surface area contributed by atoms with Crippen molar-refractivity contribution in [3.63, 3.8) is 0 Å². The van der Waals surface area contributed by atoms with Gasteiger partial charge in [0, 0.05) is 43.6 Å². The average molecular weight is 335 g/mol. The van der Waals surface area contributed by atoms with Crippen LogP contribution in [-0.4, -0.2) is 42.0 Å². The first-order valence-electron chi connectivity index (χ1n) is 7.58. The third-order valence-corrected chi connectivity index (χ3v) is 3.99. The van der Waals surface area contributed by atoms with Gasteiger partial charge in [-0.2, -0.15) is 13.2 Å². The van der Waals surface area contributed by atoms with Crippen molar-refractivity contribution in [1.29, 1.82) is 0 Å². The van der Waals surface area contributed by atoms with Crippen LogP contribution in [0, 0.1) is 0 Å². The number of aromatic nitrogens is 1. The summed E-state index contributed by atoms with van der Waals surface area (Å²) in [4.78, 5) is 19.3. The molecule has 2 heterocycles. The Hall–Kier alpha value is -2.57. The Balaban J connectivity index is 1.66. The van der Waals surface area contributed by atoms with Crippen molar-refractivity contribution >= 4 is 11.6 Å². The van der Waals surface area contributed by atoms with Gasteiger partial charge >= 0.3 is 6.18 Å². The Morgan fingerprint density at radius 1 is 1.00 bits per heavy atom. The number of carbonyl (C=O) groups excluding carboxylic acids is 1. The highest BCUT2D eigenvalue weighted by atomic mass is 19.4. The molecule has 126 valence electrons. The molecular weight excluding hydrogens is 319 g/mol. The summed E-state index contributed by atoms with van der Waals surface area (Å²) in [6.07, 6.45) is -3.29. The fourth-order valence-electron chi connectivity index (χ4n) is 2.70. The predicted molar refractivity (Wildman–Crippen MR) is 83.8 cm³/mol. The van der Waals surface area contributed by atoms with Gasteiger partial charge in [-0.3, -0.25) is 9.78 Å². The maximum absolute atomic E-state index is 12.8. The van der Waals surface area contributed by atoms with Crippen molar-refractivity contribution in [3.05, 3.63) is 59.9 Å². The van der Waals surface area contributed by atoms with Crippen molar-refractivity contribution in [1.82, 2.24) is 9.88 Å². The van der Waals surface area contributed by atoms with Crippen molar-refractivity contribution in [2.24, 2.45) is 0 Å². The van der Waals surface area contributed by atoms with Crippen LogP contribution in [0.25, 0.3) is 0 Å². The maximum atomic E-state index is 12.8. The van der Waals surface area contributed by atoms with Crippen LogP contribution in [0.2, 0.25) is 0 Å². The van der Waals surface area contributed by atoms with Crippen molar-refractivity contribution in [3.8, 4) is 0 Å². The van der Waals surface area contributed by atoms with E-state index in [-0.39, 0.29) is 5.91 Å². The third kappa shape index (κ3) is 3.50. The molecule has 1 saturated heterocycles. The standard InChI is InChI=1S/C17H16F3N3O/c18-17(19,20)15-12-14(6-7-21-15)22-8-10-23(11-9-22)16(24)13-4-2-1-3-5-13/h1-7,12H,8-11H2. The fraction of sp³-hybridized carbons (Fsp3) is 0.294. The minimum absolute atomic E-state index is 0.0547. The average Bonchev–Trinajstić information content (AvgIpc) is 2.61. The normalized spacial score (nSPS) is 15.5. The Morgan fingerprint density at radius 3 is 2.29 bits per heavy atom. The molecule has 0 atom stereocenters. The predicted octanol–water partition coefficient (Wildman–Crippen LogP) is 3.06. The highest BCUT2D eigenvalue weighted by Gasteiger charge is 2.33. The van der Waals surface area contributed by atoms with Gasteiger partial charge in [0.25, 0.3) is 5.91 Å². The molecule has 24 heavy (non-hydrogen) atoms. The maximum Gasteiger partial charge on any atom is 0.433 e. The molecule has 0 saturated carbocycles. The Morgan fingerprint density at radius 2 is 1.67 bits per heavy atom. The van der Waals surface area contributed by atoms with Crippen LogP contribution < -0.4 is 4.90 Å². The Labute approximate surface area is 137 Å². The number of carbonyl (C=O) groups is 1. The minimum Gasteiger partial charge on any atom is -0.368 e. The molecule has 4 nitrogen and oxygen atoms in total. The van der Waals surface area contributed by atoms with Crippen LogP contribution in [0.15, 0.2) is 48.7 Å². The number of halogens is 3. The Kier molecular flexibility index (Phi) is 4.42. The molecule has 1 aliphatic rings. The van der Waals surface area contributed by atoms with Gasteiger partial charge in [0.05, 0.1) is 0 Å². The third-order valence-electron chi connectivity index (χ3n) is 3.99. The molecule has 1 aliphatic heterocycles. The second kappa shape index (κ2) is 6.51. The second-order valence-corrected chi connectivity index (χ2v) is 5.54. The summed E-state index contributed by atoms with van der Waals surface area (Å²) in [6.45, 7) is 1.91. The van der Waals surface area contributed by atoms with Gasteiger partial charge in [-0.15, -0.1) is 0 Å². The molecule has 3 rings (SSSR count). The zero-order valence-electron chi connectivity index (χ0n) is 12.8. The zero-order chi connectivity index (χ0) is 17.2. The molecule has 0 unspecified atom stereocenters. The molecular formula is C17H16F3N3O. The summed E-state index contributed by atoms with van der Waals surface area (Å²) in [6, 6.07) is 11.6. The quantitative estimate of drug-likeness (QED) is 0.846. The largest absolute Gasteiger partial charge is 0.433 e. The number of piperazine rings is 1. The summed E-state index contributed by atoms with van der Waals surface area (Å²) in [7, 11) is 0. The van der Waals surface area contributed by atoms with Crippen molar-refractivity contribution in [2.45, 2.75) is 6.18 Å². The van der Waals surface area contributed by atoms with Gasteiger partial charge in [-0.05, 0) is 24.3 Å². The summed E-state index contributed by atoms with van der Waals surface area (Å²) in [5, 5.41) is 0. The van der Waals surface area contributed by atoms with Gasteiger partial charge in [-0.25, -0.2) is 0 Å². The number of amides is 1. The van der Waals surface area contributed by atoms with E-state index in [0.29, 0.717) is 37.4 Å². The molecule has 7 heteroatoms. The van der Waals surface area contributed by atoms with Gasteiger partial charge in [0.15, 0.2) is 0 Å². The van der Waals surface area contributed by atoms with Crippen LogP contribution in [0.1, 0.15) is 16.1 Å². The molecule has 0 bridgehead atoms. The topological polar surface area (TPSA) is 36.4 Å². The smallest absolute Gasteiger partial charge is 0.368 e. The molecule has 1 fully saturated rings. The van der Waals surface area contributed by atoms with Gasteiger partial charge in [0.2, 0.25) is 0 Å². The number of pyridine rings is 1. The molecule has 0 spiro atoms. The number of benzene rings is 1. The highest BCUT2D eigenvalue weighted by Crippen LogP contribution is 2.30. The van der Waals surface area contributed by atoms with Crippen LogP contribution >= 0.6 is 0 Å². The van der Waals surface area contributed by atoms with Crippen LogP contribution in [0.5, 0.6) is 0 Å². The van der Waals surface area contributed by atoms with Crippen LogP contribution in [-0.2, 0) is 6.18 Å². The number of hydrogen-bond donors (Lipinski definition) is 0. The lowest BCUT2D eigenvalue weighted by atomic mass is 10.1. The molecule has 0 aliphatic carbocycles. The van der Waals surface area contributed by atoms with E-state index >= 15 is 0 Å². The van der Waals surface area contributed by atoms with E-state index in [2.05, 4.69) is 4.98 Å². The lowest BCUT2D eigenvalue weighted by Gasteiger charge is -2.36. The van der Waals surface area contributed by atoms with E-state index in [4.69, 9.17) is 0 Å². The van der Waals surface area contributed by atoms with Gasteiger partial charge in [-0.1, -0.05) is 18.2 Å². The summed E-state index contributed by atoms with van der Waals surface area (Å²) in [5.74, 6) is -0.0547. The lowest BCUT2D eigenvalue weighted by Crippen LogP contribution is -2.48.